The van der Waals surface area contributed by atoms with Crippen LogP contribution in [0.15, 0.2) is 59.5 Å². The molecular weight excluding hydrogens is 582 g/mol. The van der Waals surface area contributed by atoms with Crippen molar-refractivity contribution in [1.82, 2.24) is 13.9 Å². The Kier molecular flexibility index (Phi) is 12.3. The van der Waals surface area contributed by atoms with Crippen LogP contribution in [0, 0.1) is 11.8 Å². The number of carbonyl (C=O) groups is 1. The van der Waals surface area contributed by atoms with Crippen LogP contribution < -0.4 is 10.1 Å². The third-order valence-electron chi connectivity index (χ3n) is 7.02. The van der Waals surface area contributed by atoms with Crippen molar-refractivity contribution in [2.45, 2.75) is 44.2 Å². The topological polar surface area (TPSA) is 143 Å². The van der Waals surface area contributed by atoms with E-state index in [1.54, 1.807) is 12.1 Å². The molecule has 0 saturated carbocycles. The van der Waals surface area contributed by atoms with Gasteiger partial charge in [-0.1, -0.05) is 51.1 Å². The number of aliphatic hydroxyl groups is 1. The third-order valence-corrected chi connectivity index (χ3v) is 10.9. The fraction of sp³-hybridized carbons (Fsp3) is 0.552. The monoisotopic (exact) mass is 625 g/mol. The number of carbonyl (C=O) groups excluding carboxylic acids is 1. The Bertz CT molecular complexity index is 1350. The minimum atomic E-state index is -3.99. The van der Waals surface area contributed by atoms with Gasteiger partial charge in [-0.05, 0) is 42.2 Å². The van der Waals surface area contributed by atoms with Crippen molar-refractivity contribution in [1.29, 1.82) is 0 Å². The van der Waals surface area contributed by atoms with Crippen LogP contribution >= 0.6 is 0 Å². The highest BCUT2D eigenvalue weighted by atomic mass is 32.2. The van der Waals surface area contributed by atoms with Gasteiger partial charge in [0.25, 0.3) is 0 Å². The van der Waals surface area contributed by atoms with E-state index in [0.717, 1.165) is 5.56 Å². The summed E-state index contributed by atoms with van der Waals surface area (Å²) in [5.74, 6) is -1.37. The van der Waals surface area contributed by atoms with E-state index in [9.17, 15) is 26.7 Å². The molecule has 1 fully saturated rings. The zero-order chi connectivity index (χ0) is 30.9. The van der Waals surface area contributed by atoms with Gasteiger partial charge in [0.05, 0.1) is 49.0 Å². The van der Waals surface area contributed by atoms with Crippen LogP contribution in [0.25, 0.3) is 0 Å². The van der Waals surface area contributed by atoms with Gasteiger partial charge in [0, 0.05) is 26.2 Å². The largest absolute Gasteiger partial charge is 0.497 e. The first-order valence-electron chi connectivity index (χ1n) is 14.1. The molecule has 234 valence electrons. The number of rotatable bonds is 15. The number of hydrogen-bond acceptors (Lipinski definition) is 8. The summed E-state index contributed by atoms with van der Waals surface area (Å²) in [4.78, 5) is 13.3. The lowest BCUT2D eigenvalue weighted by Gasteiger charge is -2.31. The van der Waals surface area contributed by atoms with Gasteiger partial charge in [0.2, 0.25) is 26.0 Å². The molecule has 1 aliphatic heterocycles. The van der Waals surface area contributed by atoms with Crippen LogP contribution in [-0.2, 0) is 36.0 Å². The van der Waals surface area contributed by atoms with Crippen molar-refractivity contribution in [3.05, 3.63) is 60.2 Å². The molecule has 2 aromatic carbocycles. The van der Waals surface area contributed by atoms with Gasteiger partial charge in [0.1, 0.15) is 5.75 Å². The van der Waals surface area contributed by atoms with Crippen LogP contribution in [0.5, 0.6) is 5.75 Å². The van der Waals surface area contributed by atoms with Crippen LogP contribution in [0.4, 0.5) is 0 Å². The van der Waals surface area contributed by atoms with Gasteiger partial charge in [0.15, 0.2) is 0 Å². The van der Waals surface area contributed by atoms with E-state index in [2.05, 4.69) is 5.32 Å². The van der Waals surface area contributed by atoms with Gasteiger partial charge in [-0.15, -0.1) is 0 Å². The molecule has 2 N–H and O–H groups in total. The average molecular weight is 626 g/mol. The molecule has 0 bridgehead atoms. The molecule has 0 unspecified atom stereocenters. The zero-order valence-corrected chi connectivity index (χ0v) is 26.3. The maximum atomic E-state index is 13.6. The van der Waals surface area contributed by atoms with Crippen molar-refractivity contribution in [2.75, 3.05) is 52.3 Å². The molecule has 0 spiro atoms. The number of ether oxygens (including phenoxy) is 2. The number of nitrogens with zero attached hydrogens (tertiary/aromatic N) is 2. The second-order valence-electron chi connectivity index (χ2n) is 11.0. The summed E-state index contributed by atoms with van der Waals surface area (Å²) in [6.07, 6.45) is -1.07. The number of sulfonamides is 2. The molecule has 0 aliphatic carbocycles. The molecule has 0 aromatic heterocycles. The van der Waals surface area contributed by atoms with Gasteiger partial charge in [-0.25, -0.2) is 16.8 Å². The van der Waals surface area contributed by atoms with E-state index in [4.69, 9.17) is 9.47 Å². The number of benzene rings is 2. The lowest BCUT2D eigenvalue weighted by molar-refractivity contribution is -0.125. The van der Waals surface area contributed by atoms with Crippen LogP contribution in [0.3, 0.4) is 0 Å². The van der Waals surface area contributed by atoms with E-state index in [-0.39, 0.29) is 43.4 Å². The first kappa shape index (κ1) is 33.9. The second-order valence-corrected chi connectivity index (χ2v) is 14.9. The molecule has 13 heteroatoms. The van der Waals surface area contributed by atoms with Gasteiger partial charge < -0.3 is 19.9 Å². The van der Waals surface area contributed by atoms with Crippen molar-refractivity contribution in [3.8, 4) is 5.75 Å². The lowest BCUT2D eigenvalue weighted by atomic mass is 10.00. The SMILES string of the molecule is COc1ccc(S(=O)(=O)N(CC(C)C)C[C@@H](O)[C@H](Cc2ccccc2)NC(=O)[C@H](C)CS(=O)(=O)N2CCOCC2)cc1. The molecule has 3 rings (SSSR count). The van der Waals surface area contributed by atoms with Gasteiger partial charge in [-0.2, -0.15) is 8.61 Å². The van der Waals surface area contributed by atoms with Gasteiger partial charge in [-0.3, -0.25) is 4.79 Å². The standard InChI is InChI=1S/C29H43N3O8S2/c1-22(2)19-32(42(37,38)26-12-10-25(39-4)11-13-26)20-28(33)27(18-24-8-6-5-7-9-24)30-29(34)23(3)21-41(35,36)31-14-16-40-17-15-31/h5-13,22-23,27-28,33H,14-21H2,1-4H3,(H,30,34)/t23-,27+,28-/m1/s1. The second kappa shape index (κ2) is 15.3. The third kappa shape index (κ3) is 9.48. The van der Waals surface area contributed by atoms with Crippen LogP contribution in [0.2, 0.25) is 0 Å². The molecule has 1 amide bonds. The highest BCUT2D eigenvalue weighted by Gasteiger charge is 2.34. The van der Waals surface area contributed by atoms with E-state index in [0.29, 0.717) is 19.0 Å². The Hall–Kier alpha value is -2.55. The molecule has 2 aromatic rings. The average Bonchev–Trinajstić information content (AvgIpc) is 2.97. The highest BCUT2D eigenvalue weighted by Crippen LogP contribution is 2.22. The molecule has 0 radical (unpaired) electrons. The number of hydrogen-bond donors (Lipinski definition) is 2. The first-order valence-corrected chi connectivity index (χ1v) is 17.1. The van der Waals surface area contributed by atoms with E-state index in [1.165, 1.54) is 34.8 Å². The highest BCUT2D eigenvalue weighted by molar-refractivity contribution is 7.89. The molecule has 1 aliphatic rings. The quantitative estimate of drug-likeness (QED) is 0.305. The van der Waals surface area contributed by atoms with Crippen molar-refractivity contribution < 1.29 is 36.2 Å². The first-order chi connectivity index (χ1) is 19.8. The summed E-state index contributed by atoms with van der Waals surface area (Å²) in [6, 6.07) is 14.3. The van der Waals surface area contributed by atoms with Crippen LogP contribution in [0.1, 0.15) is 26.3 Å². The maximum Gasteiger partial charge on any atom is 0.243 e. The number of methoxy groups -OCH3 is 1. The van der Waals surface area contributed by atoms with Crippen LogP contribution in [-0.4, -0.2) is 101 Å². The summed E-state index contributed by atoms with van der Waals surface area (Å²) in [5.41, 5.74) is 0.823. The molecule has 1 saturated heterocycles. The number of aliphatic hydroxyl groups excluding tert-OH is 1. The predicted molar refractivity (Wildman–Crippen MR) is 160 cm³/mol. The van der Waals surface area contributed by atoms with E-state index >= 15 is 0 Å². The smallest absolute Gasteiger partial charge is 0.243 e. The summed E-state index contributed by atoms with van der Waals surface area (Å²) in [6.45, 7) is 6.23. The summed E-state index contributed by atoms with van der Waals surface area (Å²) < 4.78 is 66.0. The Morgan fingerprint density at radius 2 is 1.62 bits per heavy atom. The summed E-state index contributed by atoms with van der Waals surface area (Å²) >= 11 is 0. The number of morpholine rings is 1. The lowest BCUT2D eigenvalue weighted by Crippen LogP contribution is -2.53. The van der Waals surface area contributed by atoms with Gasteiger partial charge >= 0.3 is 0 Å². The molecule has 1 heterocycles. The normalized spacial score (nSPS) is 17.1. The Morgan fingerprint density at radius 1 is 1.00 bits per heavy atom. The summed E-state index contributed by atoms with van der Waals surface area (Å²) in [5, 5.41) is 14.3. The minimum Gasteiger partial charge on any atom is -0.497 e. The molecule has 11 nitrogen and oxygen atoms in total. The Morgan fingerprint density at radius 3 is 2.19 bits per heavy atom. The Labute approximate surface area is 249 Å². The maximum absolute atomic E-state index is 13.6. The van der Waals surface area contributed by atoms with E-state index in [1.807, 2.05) is 44.2 Å². The Balaban J connectivity index is 1.81. The summed E-state index contributed by atoms with van der Waals surface area (Å²) in [7, 11) is -6.20. The van der Waals surface area contributed by atoms with Crippen molar-refractivity contribution in [3.63, 3.8) is 0 Å². The fourth-order valence-corrected chi connectivity index (χ4v) is 8.03. The predicted octanol–water partition coefficient (Wildman–Crippen LogP) is 1.73. The fourth-order valence-electron chi connectivity index (χ4n) is 4.71. The minimum absolute atomic E-state index is 0.0437. The molecule has 42 heavy (non-hydrogen) atoms. The molecule has 3 atom stereocenters. The van der Waals surface area contributed by atoms with Crippen molar-refractivity contribution in [2.24, 2.45) is 11.8 Å². The van der Waals surface area contributed by atoms with E-state index < -0.39 is 49.8 Å². The number of nitrogens with one attached hydrogen (secondary N) is 1. The number of amides is 1. The zero-order valence-electron chi connectivity index (χ0n) is 24.7. The molecular formula is C29H43N3O8S2. The van der Waals surface area contributed by atoms with Crippen molar-refractivity contribution >= 4 is 26.0 Å².